The van der Waals surface area contributed by atoms with E-state index in [1.165, 1.54) is 19.1 Å². The van der Waals surface area contributed by atoms with Crippen molar-refractivity contribution in [1.82, 2.24) is 15.5 Å². The van der Waals surface area contributed by atoms with Crippen LogP contribution in [0.4, 0.5) is 13.2 Å². The van der Waals surface area contributed by atoms with Crippen molar-refractivity contribution in [2.75, 3.05) is 6.54 Å². The molecule has 180 valence electrons. The highest BCUT2D eigenvalue weighted by atomic mass is 19.4. The number of amides is 1. The second kappa shape index (κ2) is 9.96. The van der Waals surface area contributed by atoms with Gasteiger partial charge in [-0.1, -0.05) is 59.8 Å². The monoisotopic (exact) mass is 483 g/mol. The van der Waals surface area contributed by atoms with Crippen molar-refractivity contribution in [3.63, 3.8) is 0 Å². The third kappa shape index (κ3) is 5.84. The zero-order valence-electron chi connectivity index (χ0n) is 18.5. The van der Waals surface area contributed by atoms with Gasteiger partial charge in [-0.25, -0.2) is 0 Å². The van der Waals surface area contributed by atoms with Gasteiger partial charge in [0.25, 0.3) is 5.89 Å². The molecule has 0 saturated carbocycles. The molecule has 3 aromatic carbocycles. The van der Waals surface area contributed by atoms with Crippen LogP contribution in [0.1, 0.15) is 30.0 Å². The van der Waals surface area contributed by atoms with E-state index >= 15 is 0 Å². The largest absolute Gasteiger partial charge is 0.451 e. The minimum atomic E-state index is -4.51. The van der Waals surface area contributed by atoms with Crippen molar-refractivity contribution in [3.05, 3.63) is 83.7 Å². The number of carbonyl (C=O) groups is 2. The van der Waals surface area contributed by atoms with Gasteiger partial charge in [0.1, 0.15) is 6.54 Å². The number of ether oxygens (including phenoxy) is 1. The molecule has 0 aliphatic heterocycles. The van der Waals surface area contributed by atoms with Crippen LogP contribution in [0.2, 0.25) is 0 Å². The fourth-order valence-electron chi connectivity index (χ4n) is 3.49. The SMILES string of the molecule is CC(OC(=O)CNC(=O)Cc1cccc2ccccc12)c1nc(-c2cccc(C(F)(F)F)c2)no1. The number of benzene rings is 3. The Morgan fingerprint density at radius 3 is 2.60 bits per heavy atom. The summed E-state index contributed by atoms with van der Waals surface area (Å²) in [7, 11) is 0. The van der Waals surface area contributed by atoms with E-state index in [1.807, 2.05) is 42.5 Å². The Hall–Kier alpha value is -4.21. The zero-order valence-corrected chi connectivity index (χ0v) is 18.5. The van der Waals surface area contributed by atoms with Gasteiger partial charge in [0.15, 0.2) is 6.10 Å². The van der Waals surface area contributed by atoms with Crippen LogP contribution in [0.5, 0.6) is 0 Å². The smallest absolute Gasteiger partial charge is 0.416 e. The molecule has 0 bridgehead atoms. The highest BCUT2D eigenvalue weighted by Gasteiger charge is 2.31. The number of rotatable bonds is 7. The Kier molecular flexibility index (Phi) is 6.81. The molecule has 0 fully saturated rings. The fourth-order valence-corrected chi connectivity index (χ4v) is 3.49. The van der Waals surface area contributed by atoms with E-state index in [0.717, 1.165) is 28.5 Å². The molecule has 1 amide bonds. The number of nitrogens with zero attached hydrogens (tertiary/aromatic N) is 2. The van der Waals surface area contributed by atoms with Crippen LogP contribution in [0.15, 0.2) is 71.3 Å². The van der Waals surface area contributed by atoms with E-state index in [4.69, 9.17) is 9.26 Å². The minimum absolute atomic E-state index is 0.0719. The fraction of sp³-hybridized carbons (Fsp3) is 0.200. The lowest BCUT2D eigenvalue weighted by Gasteiger charge is -2.10. The zero-order chi connectivity index (χ0) is 25.0. The van der Waals surface area contributed by atoms with Crippen LogP contribution in [0, 0.1) is 0 Å². The highest BCUT2D eigenvalue weighted by molar-refractivity contribution is 5.91. The lowest BCUT2D eigenvalue weighted by atomic mass is 10.0. The summed E-state index contributed by atoms with van der Waals surface area (Å²) in [5.41, 5.74) is 0.0874. The predicted molar refractivity (Wildman–Crippen MR) is 120 cm³/mol. The Balaban J connectivity index is 1.32. The molecular weight excluding hydrogens is 463 g/mol. The van der Waals surface area contributed by atoms with Crippen molar-refractivity contribution in [2.45, 2.75) is 25.6 Å². The van der Waals surface area contributed by atoms with Crippen LogP contribution >= 0.6 is 0 Å². The molecular formula is C25H20F3N3O4. The summed E-state index contributed by atoms with van der Waals surface area (Å²) in [4.78, 5) is 28.5. The van der Waals surface area contributed by atoms with Gasteiger partial charge in [-0.3, -0.25) is 9.59 Å². The van der Waals surface area contributed by atoms with Crippen LogP contribution in [0.3, 0.4) is 0 Å². The van der Waals surface area contributed by atoms with Gasteiger partial charge in [-0.05, 0) is 35.4 Å². The predicted octanol–water partition coefficient (Wildman–Crippen LogP) is 4.87. The number of halogens is 3. The van der Waals surface area contributed by atoms with Crippen LogP contribution < -0.4 is 5.32 Å². The van der Waals surface area contributed by atoms with E-state index in [1.54, 1.807) is 0 Å². The summed E-state index contributed by atoms with van der Waals surface area (Å²) >= 11 is 0. The molecule has 1 unspecified atom stereocenters. The van der Waals surface area contributed by atoms with Gasteiger partial charge in [0.2, 0.25) is 11.7 Å². The number of esters is 1. The number of alkyl halides is 3. The Labute approximate surface area is 197 Å². The minimum Gasteiger partial charge on any atom is -0.451 e. The summed E-state index contributed by atoms with van der Waals surface area (Å²) in [6.45, 7) is 1.10. The van der Waals surface area contributed by atoms with Crippen molar-refractivity contribution >= 4 is 22.6 Å². The van der Waals surface area contributed by atoms with Gasteiger partial charge in [-0.2, -0.15) is 18.2 Å². The highest BCUT2D eigenvalue weighted by Crippen LogP contribution is 2.31. The molecule has 10 heteroatoms. The third-order valence-electron chi connectivity index (χ3n) is 5.21. The first-order chi connectivity index (χ1) is 16.7. The lowest BCUT2D eigenvalue weighted by molar-refractivity contribution is -0.149. The summed E-state index contributed by atoms with van der Waals surface area (Å²) in [5.74, 6) is -1.25. The number of aromatic nitrogens is 2. The average molecular weight is 483 g/mol. The van der Waals surface area contributed by atoms with Crippen molar-refractivity contribution in [2.24, 2.45) is 0 Å². The number of nitrogens with one attached hydrogen (secondary N) is 1. The topological polar surface area (TPSA) is 94.3 Å². The molecule has 1 heterocycles. The Morgan fingerprint density at radius 2 is 1.80 bits per heavy atom. The van der Waals surface area contributed by atoms with E-state index in [-0.39, 0.29) is 36.2 Å². The molecule has 7 nitrogen and oxygen atoms in total. The first-order valence-electron chi connectivity index (χ1n) is 10.6. The van der Waals surface area contributed by atoms with Crippen molar-refractivity contribution < 1.29 is 32.0 Å². The van der Waals surface area contributed by atoms with E-state index in [9.17, 15) is 22.8 Å². The van der Waals surface area contributed by atoms with E-state index in [2.05, 4.69) is 15.5 Å². The lowest BCUT2D eigenvalue weighted by Crippen LogP contribution is -2.32. The molecule has 0 saturated heterocycles. The molecule has 0 radical (unpaired) electrons. The molecule has 0 aliphatic rings. The summed E-state index contributed by atoms with van der Waals surface area (Å²) in [6, 6.07) is 17.8. The summed E-state index contributed by atoms with van der Waals surface area (Å²) in [6.07, 6.45) is -5.39. The first kappa shape index (κ1) is 23.9. The molecule has 4 aromatic rings. The number of fused-ring (bicyclic) bond motifs is 1. The second-order valence-electron chi connectivity index (χ2n) is 7.76. The van der Waals surface area contributed by atoms with E-state index < -0.39 is 23.8 Å². The Morgan fingerprint density at radius 1 is 1.06 bits per heavy atom. The number of hydrogen-bond donors (Lipinski definition) is 1. The average Bonchev–Trinajstić information content (AvgIpc) is 3.33. The molecule has 1 atom stereocenters. The maximum absolute atomic E-state index is 12.9. The van der Waals surface area contributed by atoms with Crippen LogP contribution in [-0.2, 0) is 26.9 Å². The molecule has 1 aromatic heterocycles. The van der Waals surface area contributed by atoms with Gasteiger partial charge >= 0.3 is 12.1 Å². The summed E-state index contributed by atoms with van der Waals surface area (Å²) in [5, 5.41) is 8.15. The standard InChI is InChI=1S/C25H20F3N3O4/c1-15(24-30-23(31-35-24)18-9-5-10-19(12-18)25(26,27)28)34-22(33)14-29-21(32)13-17-8-4-7-16-6-2-3-11-20(16)17/h2-12,15H,13-14H2,1H3,(H,29,32). The number of carbonyl (C=O) groups excluding carboxylic acids is 2. The maximum Gasteiger partial charge on any atom is 0.416 e. The maximum atomic E-state index is 12.9. The molecule has 1 N–H and O–H groups in total. The number of hydrogen-bond acceptors (Lipinski definition) is 6. The Bertz CT molecular complexity index is 1360. The van der Waals surface area contributed by atoms with Gasteiger partial charge in [0, 0.05) is 5.56 Å². The van der Waals surface area contributed by atoms with Crippen LogP contribution in [-0.4, -0.2) is 28.6 Å². The molecule has 4 rings (SSSR count). The third-order valence-corrected chi connectivity index (χ3v) is 5.21. The molecule has 35 heavy (non-hydrogen) atoms. The quantitative estimate of drug-likeness (QED) is 0.377. The second-order valence-corrected chi connectivity index (χ2v) is 7.76. The normalized spacial score (nSPS) is 12.3. The first-order valence-corrected chi connectivity index (χ1v) is 10.6. The van der Waals surface area contributed by atoms with Gasteiger partial charge in [-0.15, -0.1) is 0 Å². The van der Waals surface area contributed by atoms with E-state index in [0.29, 0.717) is 0 Å². The molecule has 0 aliphatic carbocycles. The van der Waals surface area contributed by atoms with Gasteiger partial charge < -0.3 is 14.6 Å². The van der Waals surface area contributed by atoms with Crippen molar-refractivity contribution in [1.29, 1.82) is 0 Å². The summed E-state index contributed by atoms with van der Waals surface area (Å²) < 4.78 is 49.0. The van der Waals surface area contributed by atoms with Crippen LogP contribution in [0.25, 0.3) is 22.2 Å². The molecule has 0 spiro atoms. The van der Waals surface area contributed by atoms with Crippen molar-refractivity contribution in [3.8, 4) is 11.4 Å². The van der Waals surface area contributed by atoms with Gasteiger partial charge in [0.05, 0.1) is 12.0 Å².